The van der Waals surface area contributed by atoms with Crippen LogP contribution in [0.15, 0.2) is 30.9 Å². The van der Waals surface area contributed by atoms with Gasteiger partial charge < -0.3 is 10.5 Å². The minimum absolute atomic E-state index is 0.110. The molecule has 0 amide bonds. The molecular formula is C10H10N2O3S. The second-order valence-electron chi connectivity index (χ2n) is 2.90. The summed E-state index contributed by atoms with van der Waals surface area (Å²) in [6.07, 6.45) is 1.51. The minimum Gasteiger partial charge on any atom is -0.483 e. The first-order valence-corrected chi connectivity index (χ1v) is 4.79. The molecule has 0 aliphatic carbocycles. The second-order valence-corrected chi connectivity index (χ2v) is 3.34. The van der Waals surface area contributed by atoms with Crippen molar-refractivity contribution < 1.29 is 9.66 Å². The Labute approximate surface area is 97.7 Å². The molecule has 5 nitrogen and oxygen atoms in total. The summed E-state index contributed by atoms with van der Waals surface area (Å²) in [6, 6.07) is 4.34. The van der Waals surface area contributed by atoms with Crippen LogP contribution in [0, 0.1) is 10.1 Å². The van der Waals surface area contributed by atoms with Crippen molar-refractivity contribution in [3.8, 4) is 5.75 Å². The van der Waals surface area contributed by atoms with Crippen molar-refractivity contribution in [2.45, 2.75) is 0 Å². The molecule has 6 heteroatoms. The lowest BCUT2D eigenvalue weighted by atomic mass is 10.2. The maximum atomic E-state index is 10.8. The number of thiocarbonyl (C=S) groups is 1. The summed E-state index contributed by atoms with van der Waals surface area (Å²) in [4.78, 5) is 10.3. The fraction of sp³-hybridized carbons (Fsp3) is 0.100. The smallest absolute Gasteiger partial charge is 0.311 e. The van der Waals surface area contributed by atoms with Crippen molar-refractivity contribution in [2.24, 2.45) is 5.73 Å². The quantitative estimate of drug-likeness (QED) is 0.366. The highest BCUT2D eigenvalue weighted by molar-refractivity contribution is 7.80. The number of rotatable bonds is 5. The molecule has 0 spiro atoms. The molecule has 2 N–H and O–H groups in total. The van der Waals surface area contributed by atoms with Crippen LogP contribution >= 0.6 is 12.2 Å². The van der Waals surface area contributed by atoms with E-state index in [1.54, 1.807) is 6.07 Å². The van der Waals surface area contributed by atoms with Crippen molar-refractivity contribution in [1.29, 1.82) is 0 Å². The zero-order chi connectivity index (χ0) is 12.1. The highest BCUT2D eigenvalue weighted by atomic mass is 32.1. The highest BCUT2D eigenvalue weighted by Gasteiger charge is 2.16. The SMILES string of the molecule is C=CCOc1ccc(C(N)=S)cc1[N+](=O)[O-]. The molecule has 1 aromatic carbocycles. The Morgan fingerprint density at radius 1 is 1.69 bits per heavy atom. The third-order valence-corrected chi connectivity index (χ3v) is 2.03. The summed E-state index contributed by atoms with van der Waals surface area (Å²) >= 11 is 4.74. The Morgan fingerprint density at radius 2 is 2.38 bits per heavy atom. The number of nitro groups is 1. The third kappa shape index (κ3) is 2.77. The van der Waals surface area contributed by atoms with Crippen LogP contribution in [0.2, 0.25) is 0 Å². The summed E-state index contributed by atoms with van der Waals surface area (Å²) in [5, 5.41) is 10.8. The van der Waals surface area contributed by atoms with Crippen LogP contribution in [-0.4, -0.2) is 16.5 Å². The summed E-state index contributed by atoms with van der Waals surface area (Å²) < 4.78 is 5.14. The Bertz CT molecular complexity index is 446. The molecule has 0 saturated heterocycles. The van der Waals surface area contributed by atoms with Gasteiger partial charge in [-0.15, -0.1) is 0 Å². The number of ether oxygens (including phenoxy) is 1. The summed E-state index contributed by atoms with van der Waals surface area (Å²) in [7, 11) is 0. The minimum atomic E-state index is -0.541. The molecule has 0 bridgehead atoms. The first-order chi connectivity index (χ1) is 7.56. The monoisotopic (exact) mass is 238 g/mol. The van der Waals surface area contributed by atoms with E-state index in [0.29, 0.717) is 5.56 Å². The predicted molar refractivity (Wildman–Crippen MR) is 64.7 cm³/mol. The van der Waals surface area contributed by atoms with Gasteiger partial charge in [0.15, 0.2) is 5.75 Å². The van der Waals surface area contributed by atoms with Gasteiger partial charge in [-0.25, -0.2) is 0 Å². The Kier molecular flexibility index (Phi) is 3.96. The van der Waals surface area contributed by atoms with Crippen molar-refractivity contribution in [2.75, 3.05) is 6.61 Å². The average molecular weight is 238 g/mol. The van der Waals surface area contributed by atoms with Gasteiger partial charge in [0.25, 0.3) is 0 Å². The molecule has 0 atom stereocenters. The van der Waals surface area contributed by atoms with E-state index < -0.39 is 4.92 Å². The standard InChI is InChI=1S/C10H10N2O3S/c1-2-5-15-9-4-3-7(10(11)16)6-8(9)12(13)14/h2-4,6H,1,5H2,(H2,11,16). The zero-order valence-corrected chi connectivity index (χ0v) is 9.20. The second kappa shape index (κ2) is 5.22. The fourth-order valence-electron chi connectivity index (χ4n) is 1.08. The van der Waals surface area contributed by atoms with E-state index in [1.165, 1.54) is 18.2 Å². The van der Waals surface area contributed by atoms with Gasteiger partial charge in [-0.05, 0) is 12.1 Å². The predicted octanol–water partition coefficient (Wildman–Crippen LogP) is 1.79. The number of nitro benzene ring substituents is 1. The van der Waals surface area contributed by atoms with Crippen LogP contribution in [0.1, 0.15) is 5.56 Å². The van der Waals surface area contributed by atoms with Gasteiger partial charge in [-0.1, -0.05) is 24.9 Å². The molecule has 0 aromatic heterocycles. The maximum absolute atomic E-state index is 10.8. The molecule has 1 rings (SSSR count). The summed E-state index contributed by atoms with van der Waals surface area (Å²) in [5.74, 6) is 0.171. The van der Waals surface area contributed by atoms with Crippen molar-refractivity contribution in [1.82, 2.24) is 0 Å². The molecule has 0 radical (unpaired) electrons. The lowest BCUT2D eigenvalue weighted by molar-refractivity contribution is -0.385. The molecule has 0 fully saturated rings. The van der Waals surface area contributed by atoms with Gasteiger partial charge in [-0.2, -0.15) is 0 Å². The van der Waals surface area contributed by atoms with Gasteiger partial charge in [0.05, 0.1) is 4.92 Å². The van der Waals surface area contributed by atoms with Crippen LogP contribution in [0.4, 0.5) is 5.69 Å². The molecule has 84 valence electrons. The van der Waals surface area contributed by atoms with E-state index in [0.717, 1.165) is 0 Å². The fourth-order valence-corrected chi connectivity index (χ4v) is 1.21. The Balaban J connectivity index is 3.13. The van der Waals surface area contributed by atoms with E-state index in [4.69, 9.17) is 22.7 Å². The number of nitrogens with zero attached hydrogens (tertiary/aromatic N) is 1. The largest absolute Gasteiger partial charge is 0.483 e. The van der Waals surface area contributed by atoms with E-state index in [1.807, 2.05) is 0 Å². The van der Waals surface area contributed by atoms with E-state index in [-0.39, 0.29) is 23.0 Å². The summed E-state index contributed by atoms with van der Waals surface area (Å²) in [5.41, 5.74) is 5.66. The highest BCUT2D eigenvalue weighted by Crippen LogP contribution is 2.27. The van der Waals surface area contributed by atoms with Gasteiger partial charge in [0, 0.05) is 11.6 Å². The number of nitrogens with two attached hydrogens (primary N) is 1. The molecule has 1 aromatic rings. The number of hydrogen-bond donors (Lipinski definition) is 1. The first kappa shape index (κ1) is 12.1. The van der Waals surface area contributed by atoms with Crippen LogP contribution in [-0.2, 0) is 0 Å². The van der Waals surface area contributed by atoms with E-state index in [9.17, 15) is 10.1 Å². The molecular weight excluding hydrogens is 228 g/mol. The van der Waals surface area contributed by atoms with Gasteiger partial charge in [0.2, 0.25) is 0 Å². The zero-order valence-electron chi connectivity index (χ0n) is 8.38. The Morgan fingerprint density at radius 3 is 2.88 bits per heavy atom. The molecule has 0 unspecified atom stereocenters. The summed E-state index contributed by atoms with van der Waals surface area (Å²) in [6.45, 7) is 3.66. The Hall–Kier alpha value is -1.95. The maximum Gasteiger partial charge on any atom is 0.311 e. The lowest BCUT2D eigenvalue weighted by Gasteiger charge is -2.05. The third-order valence-electron chi connectivity index (χ3n) is 1.80. The van der Waals surface area contributed by atoms with Gasteiger partial charge >= 0.3 is 5.69 Å². The van der Waals surface area contributed by atoms with E-state index >= 15 is 0 Å². The van der Waals surface area contributed by atoms with Crippen LogP contribution in [0.3, 0.4) is 0 Å². The first-order valence-electron chi connectivity index (χ1n) is 4.38. The van der Waals surface area contributed by atoms with Crippen LogP contribution < -0.4 is 10.5 Å². The molecule has 16 heavy (non-hydrogen) atoms. The van der Waals surface area contributed by atoms with Gasteiger partial charge in [0.1, 0.15) is 11.6 Å². The number of hydrogen-bond acceptors (Lipinski definition) is 4. The van der Waals surface area contributed by atoms with Crippen LogP contribution in [0.5, 0.6) is 5.75 Å². The topological polar surface area (TPSA) is 78.4 Å². The molecule has 0 saturated carbocycles. The normalized spacial score (nSPS) is 9.50. The average Bonchev–Trinajstić information content (AvgIpc) is 2.25. The molecule has 0 aliphatic heterocycles. The van der Waals surface area contributed by atoms with Crippen molar-refractivity contribution >= 4 is 22.9 Å². The lowest BCUT2D eigenvalue weighted by Crippen LogP contribution is -2.10. The van der Waals surface area contributed by atoms with Crippen LogP contribution in [0.25, 0.3) is 0 Å². The van der Waals surface area contributed by atoms with Crippen molar-refractivity contribution in [3.63, 3.8) is 0 Å². The van der Waals surface area contributed by atoms with E-state index in [2.05, 4.69) is 6.58 Å². The molecule has 0 aliphatic rings. The number of benzene rings is 1. The molecule has 0 heterocycles. The van der Waals surface area contributed by atoms with Gasteiger partial charge in [-0.3, -0.25) is 10.1 Å². The van der Waals surface area contributed by atoms with Crippen molar-refractivity contribution in [3.05, 3.63) is 46.5 Å².